The van der Waals surface area contributed by atoms with E-state index in [4.69, 9.17) is 10.8 Å². The van der Waals surface area contributed by atoms with Crippen LogP contribution in [0.3, 0.4) is 0 Å². The fourth-order valence-electron chi connectivity index (χ4n) is 1.30. The Balaban J connectivity index is 2.55. The van der Waals surface area contributed by atoms with Crippen LogP contribution >= 0.6 is 11.3 Å². The number of pyridine rings is 1. The number of thiazole rings is 1. The quantitative estimate of drug-likeness (QED) is 0.838. The van der Waals surface area contributed by atoms with Gasteiger partial charge in [-0.2, -0.15) is 0 Å². The second kappa shape index (κ2) is 4.38. The SMILES string of the molecule is NCc1nc(C(=O)O)c(-c2ccncc2)s1. The van der Waals surface area contributed by atoms with Gasteiger partial charge in [-0.25, -0.2) is 9.78 Å². The molecule has 0 aliphatic rings. The zero-order valence-corrected chi connectivity index (χ0v) is 9.07. The van der Waals surface area contributed by atoms with E-state index < -0.39 is 5.97 Å². The maximum atomic E-state index is 11.0. The average Bonchev–Trinajstić information content (AvgIpc) is 2.74. The smallest absolute Gasteiger partial charge is 0.356 e. The van der Waals surface area contributed by atoms with Crippen molar-refractivity contribution < 1.29 is 9.90 Å². The van der Waals surface area contributed by atoms with Gasteiger partial charge in [0.15, 0.2) is 5.69 Å². The van der Waals surface area contributed by atoms with E-state index in [-0.39, 0.29) is 12.2 Å². The van der Waals surface area contributed by atoms with Gasteiger partial charge in [-0.05, 0) is 17.7 Å². The number of aromatic carboxylic acids is 1. The van der Waals surface area contributed by atoms with Crippen molar-refractivity contribution in [1.82, 2.24) is 9.97 Å². The first-order valence-corrected chi connectivity index (χ1v) is 5.37. The Bertz CT molecular complexity index is 510. The third-order valence-electron chi connectivity index (χ3n) is 1.99. The van der Waals surface area contributed by atoms with Crippen LogP contribution in [0.5, 0.6) is 0 Å². The number of hydrogen-bond acceptors (Lipinski definition) is 5. The molecule has 3 N–H and O–H groups in total. The van der Waals surface area contributed by atoms with Crippen molar-refractivity contribution >= 4 is 17.3 Å². The highest BCUT2D eigenvalue weighted by atomic mass is 32.1. The summed E-state index contributed by atoms with van der Waals surface area (Å²) in [6, 6.07) is 3.50. The zero-order valence-electron chi connectivity index (χ0n) is 8.25. The van der Waals surface area contributed by atoms with Crippen molar-refractivity contribution in [3.8, 4) is 10.4 Å². The van der Waals surface area contributed by atoms with Crippen molar-refractivity contribution in [1.29, 1.82) is 0 Å². The number of carboxylic acid groups (broad SMARTS) is 1. The molecule has 6 heteroatoms. The molecule has 2 heterocycles. The van der Waals surface area contributed by atoms with Crippen LogP contribution in [-0.4, -0.2) is 21.0 Å². The molecule has 0 radical (unpaired) electrons. The summed E-state index contributed by atoms with van der Waals surface area (Å²) in [5.41, 5.74) is 6.30. The van der Waals surface area contributed by atoms with Gasteiger partial charge in [0.2, 0.25) is 0 Å². The minimum Gasteiger partial charge on any atom is -0.476 e. The molecule has 0 fully saturated rings. The summed E-state index contributed by atoms with van der Waals surface area (Å²) in [4.78, 5) is 19.5. The molecular weight excluding hydrogens is 226 g/mol. The normalized spacial score (nSPS) is 10.3. The van der Waals surface area contributed by atoms with Gasteiger partial charge in [0.1, 0.15) is 5.01 Å². The Morgan fingerprint density at radius 1 is 1.44 bits per heavy atom. The van der Waals surface area contributed by atoms with Crippen molar-refractivity contribution in [2.75, 3.05) is 0 Å². The highest BCUT2D eigenvalue weighted by Crippen LogP contribution is 2.29. The van der Waals surface area contributed by atoms with E-state index in [1.165, 1.54) is 11.3 Å². The lowest BCUT2D eigenvalue weighted by Crippen LogP contribution is -2.01. The van der Waals surface area contributed by atoms with Crippen LogP contribution in [-0.2, 0) is 6.54 Å². The third-order valence-corrected chi connectivity index (χ3v) is 3.12. The summed E-state index contributed by atoms with van der Waals surface area (Å²) in [6.07, 6.45) is 3.23. The standard InChI is InChI=1S/C10H9N3O2S/c11-5-7-13-8(10(14)15)9(16-7)6-1-3-12-4-2-6/h1-4H,5,11H2,(H,14,15). The molecule has 2 aromatic heterocycles. The Morgan fingerprint density at radius 3 is 2.69 bits per heavy atom. The van der Waals surface area contributed by atoms with Gasteiger partial charge < -0.3 is 10.8 Å². The molecule has 0 spiro atoms. The maximum Gasteiger partial charge on any atom is 0.356 e. The summed E-state index contributed by atoms with van der Waals surface area (Å²) in [7, 11) is 0. The lowest BCUT2D eigenvalue weighted by Gasteiger charge is -1.96. The lowest BCUT2D eigenvalue weighted by atomic mass is 10.2. The number of aromatic nitrogens is 2. The van der Waals surface area contributed by atoms with E-state index in [0.717, 1.165) is 5.56 Å². The average molecular weight is 235 g/mol. The zero-order chi connectivity index (χ0) is 11.5. The number of rotatable bonds is 3. The number of hydrogen-bond donors (Lipinski definition) is 2. The second-order valence-electron chi connectivity index (χ2n) is 3.03. The number of carbonyl (C=O) groups is 1. The maximum absolute atomic E-state index is 11.0. The Labute approximate surface area is 95.6 Å². The van der Waals surface area contributed by atoms with Gasteiger partial charge in [-0.1, -0.05) is 0 Å². The molecule has 2 rings (SSSR count). The van der Waals surface area contributed by atoms with Crippen LogP contribution in [0.15, 0.2) is 24.5 Å². The highest BCUT2D eigenvalue weighted by molar-refractivity contribution is 7.15. The van der Waals surface area contributed by atoms with Gasteiger partial charge in [-0.3, -0.25) is 4.98 Å². The lowest BCUT2D eigenvalue weighted by molar-refractivity contribution is 0.0692. The Hall–Kier alpha value is -1.79. The molecule has 0 amide bonds. The van der Waals surface area contributed by atoms with E-state index in [2.05, 4.69) is 9.97 Å². The summed E-state index contributed by atoms with van der Waals surface area (Å²) in [6.45, 7) is 0.246. The first kappa shape index (κ1) is 10.7. The first-order chi connectivity index (χ1) is 7.72. The highest BCUT2D eigenvalue weighted by Gasteiger charge is 2.17. The van der Waals surface area contributed by atoms with E-state index in [1.807, 2.05) is 0 Å². The van der Waals surface area contributed by atoms with Crippen molar-refractivity contribution in [3.63, 3.8) is 0 Å². The van der Waals surface area contributed by atoms with E-state index in [9.17, 15) is 4.79 Å². The van der Waals surface area contributed by atoms with E-state index in [1.54, 1.807) is 24.5 Å². The summed E-state index contributed by atoms with van der Waals surface area (Å²) in [5.74, 6) is -1.04. The number of nitrogens with zero attached hydrogens (tertiary/aromatic N) is 2. The molecule has 0 aliphatic heterocycles. The summed E-state index contributed by atoms with van der Waals surface area (Å²) in [5, 5.41) is 9.64. The minimum atomic E-state index is -1.04. The second-order valence-corrected chi connectivity index (χ2v) is 4.11. The summed E-state index contributed by atoms with van der Waals surface area (Å²) >= 11 is 1.30. The minimum absolute atomic E-state index is 0.0525. The fraction of sp³-hybridized carbons (Fsp3) is 0.100. The molecule has 2 aromatic rings. The fourth-order valence-corrected chi connectivity index (χ4v) is 2.24. The Kier molecular flexibility index (Phi) is 2.93. The molecule has 0 saturated carbocycles. The predicted octanol–water partition coefficient (Wildman–Crippen LogP) is 1.36. The topological polar surface area (TPSA) is 89.1 Å². The molecule has 0 aromatic carbocycles. The summed E-state index contributed by atoms with van der Waals surface area (Å²) < 4.78 is 0. The molecule has 5 nitrogen and oxygen atoms in total. The van der Waals surface area contributed by atoms with Gasteiger partial charge in [0.05, 0.1) is 4.88 Å². The van der Waals surface area contributed by atoms with Crippen LogP contribution in [0, 0.1) is 0 Å². The largest absolute Gasteiger partial charge is 0.476 e. The van der Waals surface area contributed by atoms with Gasteiger partial charge >= 0.3 is 5.97 Å². The number of carboxylic acids is 1. The van der Waals surface area contributed by atoms with Crippen LogP contribution in [0.1, 0.15) is 15.5 Å². The molecule has 0 unspecified atom stereocenters. The molecule has 82 valence electrons. The molecule has 0 saturated heterocycles. The van der Waals surface area contributed by atoms with E-state index >= 15 is 0 Å². The van der Waals surface area contributed by atoms with E-state index in [0.29, 0.717) is 9.88 Å². The molecule has 0 aliphatic carbocycles. The molecule has 0 atom stereocenters. The molecule has 16 heavy (non-hydrogen) atoms. The molecular formula is C10H9N3O2S. The van der Waals surface area contributed by atoms with Crippen LogP contribution < -0.4 is 5.73 Å². The van der Waals surface area contributed by atoms with Crippen molar-refractivity contribution in [3.05, 3.63) is 35.2 Å². The van der Waals surface area contributed by atoms with Crippen molar-refractivity contribution in [2.45, 2.75) is 6.54 Å². The third kappa shape index (κ3) is 1.93. The first-order valence-electron chi connectivity index (χ1n) is 4.56. The predicted molar refractivity (Wildman–Crippen MR) is 60.2 cm³/mol. The monoisotopic (exact) mass is 235 g/mol. The van der Waals surface area contributed by atoms with Gasteiger partial charge in [-0.15, -0.1) is 11.3 Å². The van der Waals surface area contributed by atoms with Crippen LogP contribution in [0.4, 0.5) is 0 Å². The van der Waals surface area contributed by atoms with Crippen molar-refractivity contribution in [2.24, 2.45) is 5.73 Å². The van der Waals surface area contributed by atoms with Gasteiger partial charge in [0, 0.05) is 18.9 Å². The van der Waals surface area contributed by atoms with Crippen LogP contribution in [0.25, 0.3) is 10.4 Å². The Morgan fingerprint density at radius 2 is 2.12 bits per heavy atom. The van der Waals surface area contributed by atoms with Gasteiger partial charge in [0.25, 0.3) is 0 Å². The molecule has 0 bridgehead atoms. The number of nitrogens with two attached hydrogens (primary N) is 1. The van der Waals surface area contributed by atoms with Crippen LogP contribution in [0.2, 0.25) is 0 Å².